The highest BCUT2D eigenvalue weighted by Gasteiger charge is 2.26. The molecule has 1 aliphatic heterocycles. The number of β-amino-alcohol motifs (C(OH)–C–C–N with tert-alkyl or cyclic N) is 1. The molecule has 2 atom stereocenters. The van der Waals surface area contributed by atoms with Crippen LogP contribution in [0.1, 0.15) is 39.5 Å². The van der Waals surface area contributed by atoms with Crippen LogP contribution in [0.4, 0.5) is 0 Å². The van der Waals surface area contributed by atoms with Crippen molar-refractivity contribution in [3.05, 3.63) is 0 Å². The average Bonchev–Trinajstić information content (AvgIpc) is 2.40. The van der Waals surface area contributed by atoms with E-state index < -0.39 is 11.7 Å². The standard InChI is InChI=1S/C13H25NO4/c1-3-18-12(16)9-11(15)10-14-7-4-5-13(2,17)6-8-14/h11,15,17H,3-10H2,1-2H3. The molecule has 106 valence electrons. The molecule has 0 radical (unpaired) electrons. The van der Waals surface area contributed by atoms with E-state index in [-0.39, 0.29) is 12.4 Å². The number of carbonyl (C=O) groups excluding carboxylic acids is 1. The molecular weight excluding hydrogens is 234 g/mol. The topological polar surface area (TPSA) is 70.0 Å². The molecule has 2 N–H and O–H groups in total. The van der Waals surface area contributed by atoms with Gasteiger partial charge in [0, 0.05) is 13.1 Å². The third kappa shape index (κ3) is 5.80. The summed E-state index contributed by atoms with van der Waals surface area (Å²) < 4.78 is 4.80. The predicted molar refractivity (Wildman–Crippen MR) is 68.2 cm³/mol. The first-order valence-corrected chi connectivity index (χ1v) is 6.71. The molecule has 2 unspecified atom stereocenters. The van der Waals surface area contributed by atoms with Crippen LogP contribution in [0.5, 0.6) is 0 Å². The molecule has 0 aromatic heterocycles. The second-order valence-electron chi connectivity index (χ2n) is 5.31. The van der Waals surface area contributed by atoms with Crippen molar-refractivity contribution in [1.82, 2.24) is 4.90 Å². The number of esters is 1. The van der Waals surface area contributed by atoms with Crippen LogP contribution in [-0.2, 0) is 9.53 Å². The molecule has 5 heteroatoms. The molecule has 0 aromatic rings. The Balaban J connectivity index is 2.31. The number of aliphatic hydroxyl groups is 2. The first kappa shape index (κ1) is 15.4. The van der Waals surface area contributed by atoms with Crippen LogP contribution in [-0.4, -0.2) is 59.0 Å². The van der Waals surface area contributed by atoms with Gasteiger partial charge in [0.25, 0.3) is 0 Å². The lowest BCUT2D eigenvalue weighted by atomic mass is 9.98. The van der Waals surface area contributed by atoms with Crippen LogP contribution in [0.15, 0.2) is 0 Å². The number of rotatable bonds is 5. The van der Waals surface area contributed by atoms with Crippen molar-refractivity contribution < 1.29 is 19.7 Å². The molecule has 1 aliphatic rings. The molecule has 0 amide bonds. The quantitative estimate of drug-likeness (QED) is 0.705. The van der Waals surface area contributed by atoms with Crippen molar-refractivity contribution in [2.24, 2.45) is 0 Å². The van der Waals surface area contributed by atoms with Crippen molar-refractivity contribution in [2.75, 3.05) is 26.2 Å². The summed E-state index contributed by atoms with van der Waals surface area (Å²) in [5.74, 6) is -0.355. The first-order chi connectivity index (χ1) is 8.43. The Kier molecular flexibility index (Phi) is 6.05. The van der Waals surface area contributed by atoms with Gasteiger partial charge in [-0.15, -0.1) is 0 Å². The first-order valence-electron chi connectivity index (χ1n) is 6.71. The molecule has 1 fully saturated rings. The number of ether oxygens (including phenoxy) is 1. The fraction of sp³-hybridized carbons (Fsp3) is 0.923. The largest absolute Gasteiger partial charge is 0.466 e. The van der Waals surface area contributed by atoms with Gasteiger partial charge in [-0.1, -0.05) is 0 Å². The second-order valence-corrected chi connectivity index (χ2v) is 5.31. The number of hydrogen-bond acceptors (Lipinski definition) is 5. The van der Waals surface area contributed by atoms with Gasteiger partial charge in [0.05, 0.1) is 24.7 Å². The molecule has 5 nitrogen and oxygen atoms in total. The number of hydrogen-bond donors (Lipinski definition) is 2. The normalized spacial score (nSPS) is 27.6. The van der Waals surface area contributed by atoms with Gasteiger partial charge < -0.3 is 19.8 Å². The van der Waals surface area contributed by atoms with Gasteiger partial charge >= 0.3 is 5.97 Å². The van der Waals surface area contributed by atoms with E-state index in [2.05, 4.69) is 4.90 Å². The lowest BCUT2D eigenvalue weighted by Gasteiger charge is -2.24. The summed E-state index contributed by atoms with van der Waals surface area (Å²) in [6.07, 6.45) is 1.77. The van der Waals surface area contributed by atoms with Gasteiger partial charge in [-0.3, -0.25) is 4.79 Å². The smallest absolute Gasteiger partial charge is 0.308 e. The second kappa shape index (κ2) is 7.07. The zero-order valence-corrected chi connectivity index (χ0v) is 11.4. The monoisotopic (exact) mass is 259 g/mol. The lowest BCUT2D eigenvalue weighted by molar-refractivity contribution is -0.145. The molecule has 0 saturated carbocycles. The van der Waals surface area contributed by atoms with E-state index in [1.165, 1.54) is 0 Å². The zero-order valence-electron chi connectivity index (χ0n) is 11.4. The maximum absolute atomic E-state index is 11.2. The number of likely N-dealkylation sites (tertiary alicyclic amines) is 1. The molecule has 18 heavy (non-hydrogen) atoms. The molecular formula is C13H25NO4. The fourth-order valence-electron chi connectivity index (χ4n) is 2.28. The van der Waals surface area contributed by atoms with E-state index in [4.69, 9.17) is 4.74 Å². The maximum Gasteiger partial charge on any atom is 0.308 e. The van der Waals surface area contributed by atoms with Crippen molar-refractivity contribution in [2.45, 2.75) is 51.2 Å². The summed E-state index contributed by atoms with van der Waals surface area (Å²) in [5, 5.41) is 19.8. The van der Waals surface area contributed by atoms with E-state index in [0.29, 0.717) is 19.6 Å². The predicted octanol–water partition coefficient (Wildman–Crippen LogP) is 0.537. The molecule has 1 rings (SSSR count). The SMILES string of the molecule is CCOC(=O)CC(O)CN1CCCC(C)(O)CC1. The van der Waals surface area contributed by atoms with E-state index in [1.807, 2.05) is 6.92 Å². The van der Waals surface area contributed by atoms with Crippen molar-refractivity contribution in [3.63, 3.8) is 0 Å². The van der Waals surface area contributed by atoms with Gasteiger partial charge in [-0.25, -0.2) is 0 Å². The Hall–Kier alpha value is -0.650. The van der Waals surface area contributed by atoms with E-state index in [1.54, 1.807) is 6.92 Å². The Morgan fingerprint density at radius 1 is 1.44 bits per heavy atom. The van der Waals surface area contributed by atoms with Crippen LogP contribution < -0.4 is 0 Å². The third-order valence-electron chi connectivity index (χ3n) is 3.33. The van der Waals surface area contributed by atoms with E-state index in [9.17, 15) is 15.0 Å². The Labute approximate surface area is 109 Å². The van der Waals surface area contributed by atoms with E-state index >= 15 is 0 Å². The highest BCUT2D eigenvalue weighted by atomic mass is 16.5. The van der Waals surface area contributed by atoms with Crippen molar-refractivity contribution in [3.8, 4) is 0 Å². The van der Waals surface area contributed by atoms with Crippen LogP contribution >= 0.6 is 0 Å². The minimum absolute atomic E-state index is 0.0424. The van der Waals surface area contributed by atoms with Gasteiger partial charge in [0.15, 0.2) is 0 Å². The summed E-state index contributed by atoms with van der Waals surface area (Å²) in [6, 6.07) is 0. The van der Waals surface area contributed by atoms with Gasteiger partial charge in [0.2, 0.25) is 0 Å². The van der Waals surface area contributed by atoms with E-state index in [0.717, 1.165) is 25.9 Å². The highest BCUT2D eigenvalue weighted by Crippen LogP contribution is 2.21. The average molecular weight is 259 g/mol. The summed E-state index contributed by atoms with van der Waals surface area (Å²) in [5.41, 5.74) is -0.596. The van der Waals surface area contributed by atoms with Gasteiger partial charge in [-0.2, -0.15) is 0 Å². The lowest BCUT2D eigenvalue weighted by Crippen LogP contribution is -2.35. The van der Waals surface area contributed by atoms with Crippen LogP contribution in [0.3, 0.4) is 0 Å². The zero-order chi connectivity index (χ0) is 13.6. The van der Waals surface area contributed by atoms with Gasteiger partial charge in [-0.05, 0) is 39.7 Å². The fourth-order valence-corrected chi connectivity index (χ4v) is 2.28. The molecule has 1 saturated heterocycles. The number of aliphatic hydroxyl groups excluding tert-OH is 1. The van der Waals surface area contributed by atoms with Crippen molar-refractivity contribution >= 4 is 5.97 Å². The molecule has 0 spiro atoms. The van der Waals surface area contributed by atoms with Crippen LogP contribution in [0.2, 0.25) is 0 Å². The van der Waals surface area contributed by atoms with Crippen molar-refractivity contribution in [1.29, 1.82) is 0 Å². The number of nitrogens with zero attached hydrogens (tertiary/aromatic N) is 1. The number of carbonyl (C=O) groups is 1. The third-order valence-corrected chi connectivity index (χ3v) is 3.33. The molecule has 0 aromatic carbocycles. The van der Waals surface area contributed by atoms with Gasteiger partial charge in [0.1, 0.15) is 0 Å². The molecule has 1 heterocycles. The molecule has 0 bridgehead atoms. The summed E-state index contributed by atoms with van der Waals surface area (Å²) in [4.78, 5) is 13.3. The molecule has 0 aliphatic carbocycles. The van der Waals surface area contributed by atoms with Crippen LogP contribution in [0.25, 0.3) is 0 Å². The summed E-state index contributed by atoms with van der Waals surface area (Å²) >= 11 is 0. The summed E-state index contributed by atoms with van der Waals surface area (Å²) in [7, 11) is 0. The van der Waals surface area contributed by atoms with Crippen LogP contribution in [0, 0.1) is 0 Å². The summed E-state index contributed by atoms with van der Waals surface area (Å²) in [6.45, 7) is 6.03. The highest BCUT2D eigenvalue weighted by molar-refractivity contribution is 5.69. The minimum Gasteiger partial charge on any atom is -0.466 e. The Morgan fingerprint density at radius 3 is 2.83 bits per heavy atom. The maximum atomic E-state index is 11.2. The Bertz CT molecular complexity index is 268. The minimum atomic E-state index is -0.688. The Morgan fingerprint density at radius 2 is 2.17 bits per heavy atom.